The number of hydrogen-bond donors (Lipinski definition) is 0. The molecule has 4 rings (SSSR count). The smallest absolute Gasteiger partial charge is 0.222 e. The summed E-state index contributed by atoms with van der Waals surface area (Å²) in [6.45, 7) is 3.69. The fourth-order valence-electron chi connectivity index (χ4n) is 4.34. The number of anilines is 1. The van der Waals surface area contributed by atoms with Gasteiger partial charge in [-0.2, -0.15) is 0 Å². The van der Waals surface area contributed by atoms with Crippen LogP contribution < -0.4 is 4.90 Å². The van der Waals surface area contributed by atoms with Gasteiger partial charge in [-0.25, -0.2) is 9.97 Å². The number of piperidine rings is 2. The number of amides is 1. The molecular weight excluding hydrogens is 370 g/mol. The van der Waals surface area contributed by atoms with Gasteiger partial charge in [-0.1, -0.05) is 11.8 Å². The van der Waals surface area contributed by atoms with Crippen molar-refractivity contribution in [3.05, 3.63) is 42.4 Å². The second-order valence-electron chi connectivity index (χ2n) is 7.81. The van der Waals surface area contributed by atoms with Crippen LogP contribution in [0.1, 0.15) is 31.2 Å². The van der Waals surface area contributed by atoms with Gasteiger partial charge in [-0.15, -0.1) is 0 Å². The van der Waals surface area contributed by atoms with E-state index >= 15 is 0 Å². The van der Waals surface area contributed by atoms with E-state index < -0.39 is 0 Å². The summed E-state index contributed by atoms with van der Waals surface area (Å²) in [6.07, 6.45) is 12.3. The molecule has 1 amide bonds. The van der Waals surface area contributed by atoms with E-state index in [-0.39, 0.29) is 5.41 Å². The number of carbonyl (C=O) groups excluding carboxylic acids is 1. The van der Waals surface area contributed by atoms with E-state index in [0.29, 0.717) is 12.3 Å². The molecule has 2 saturated heterocycles. The Morgan fingerprint density at radius 1 is 1.11 bits per heavy atom. The standard InChI is InChI=1S/C21H27N5OS/c1-28-20-23-12-5-18(24-20)25-14-8-21(9-15-25)7-2-19(27)26(16-21)13-6-17-3-10-22-11-4-17/h3-5,10-12H,2,6-9,13-16H2,1H3. The minimum atomic E-state index is 0.262. The van der Waals surface area contributed by atoms with E-state index in [4.69, 9.17) is 0 Å². The molecule has 148 valence electrons. The van der Waals surface area contributed by atoms with Crippen molar-refractivity contribution in [1.29, 1.82) is 0 Å². The molecule has 4 heterocycles. The number of thioether (sulfide) groups is 1. The lowest BCUT2D eigenvalue weighted by atomic mass is 9.72. The van der Waals surface area contributed by atoms with Gasteiger partial charge in [-0.05, 0) is 61.1 Å². The van der Waals surface area contributed by atoms with Gasteiger partial charge in [0.05, 0.1) is 0 Å². The molecule has 2 aliphatic rings. The van der Waals surface area contributed by atoms with Crippen LogP contribution in [0.4, 0.5) is 5.82 Å². The van der Waals surface area contributed by atoms with Crippen LogP contribution >= 0.6 is 11.8 Å². The molecule has 0 aliphatic carbocycles. The lowest BCUT2D eigenvalue weighted by molar-refractivity contribution is -0.138. The maximum Gasteiger partial charge on any atom is 0.222 e. The van der Waals surface area contributed by atoms with Crippen molar-refractivity contribution in [2.75, 3.05) is 37.3 Å². The van der Waals surface area contributed by atoms with E-state index in [0.717, 1.165) is 62.8 Å². The Morgan fingerprint density at radius 2 is 1.89 bits per heavy atom. The molecule has 0 bridgehead atoms. The first kappa shape index (κ1) is 19.2. The third-order valence-electron chi connectivity index (χ3n) is 6.12. The molecule has 0 saturated carbocycles. The second-order valence-corrected chi connectivity index (χ2v) is 8.58. The molecular formula is C21H27N5OS. The molecule has 2 aromatic rings. The number of pyridine rings is 1. The van der Waals surface area contributed by atoms with Crippen molar-refractivity contribution < 1.29 is 4.79 Å². The summed E-state index contributed by atoms with van der Waals surface area (Å²) in [6, 6.07) is 6.07. The number of hydrogen-bond acceptors (Lipinski definition) is 6. The zero-order valence-corrected chi connectivity index (χ0v) is 17.2. The quantitative estimate of drug-likeness (QED) is 0.571. The minimum Gasteiger partial charge on any atom is -0.356 e. The molecule has 7 heteroatoms. The highest BCUT2D eigenvalue weighted by molar-refractivity contribution is 7.98. The molecule has 0 unspecified atom stereocenters. The highest BCUT2D eigenvalue weighted by Crippen LogP contribution is 2.41. The third-order valence-corrected chi connectivity index (χ3v) is 6.68. The average molecular weight is 398 g/mol. The van der Waals surface area contributed by atoms with Crippen molar-refractivity contribution in [1.82, 2.24) is 19.9 Å². The van der Waals surface area contributed by atoms with E-state index in [1.54, 1.807) is 11.8 Å². The first-order chi connectivity index (χ1) is 13.7. The maximum atomic E-state index is 12.5. The van der Waals surface area contributed by atoms with Gasteiger partial charge in [0.15, 0.2) is 5.16 Å². The molecule has 6 nitrogen and oxygen atoms in total. The van der Waals surface area contributed by atoms with E-state index in [1.807, 2.05) is 43.0 Å². The van der Waals surface area contributed by atoms with Crippen LogP contribution in [0.2, 0.25) is 0 Å². The Balaban J connectivity index is 1.36. The van der Waals surface area contributed by atoms with Crippen LogP contribution in [0.25, 0.3) is 0 Å². The predicted octanol–water partition coefficient (Wildman–Crippen LogP) is 3.05. The van der Waals surface area contributed by atoms with Crippen molar-refractivity contribution in [2.45, 2.75) is 37.3 Å². The summed E-state index contributed by atoms with van der Waals surface area (Å²) in [7, 11) is 0. The Kier molecular flexibility index (Phi) is 5.80. The largest absolute Gasteiger partial charge is 0.356 e. The number of nitrogens with zero attached hydrogens (tertiary/aromatic N) is 5. The number of rotatable bonds is 5. The summed E-state index contributed by atoms with van der Waals surface area (Å²) in [5.74, 6) is 1.33. The monoisotopic (exact) mass is 397 g/mol. The van der Waals surface area contributed by atoms with E-state index in [9.17, 15) is 4.79 Å². The van der Waals surface area contributed by atoms with Gasteiger partial charge in [0, 0.05) is 51.2 Å². The molecule has 0 radical (unpaired) electrons. The number of carbonyl (C=O) groups is 1. The van der Waals surface area contributed by atoms with Crippen LogP contribution in [-0.2, 0) is 11.2 Å². The summed E-state index contributed by atoms with van der Waals surface area (Å²) < 4.78 is 0. The van der Waals surface area contributed by atoms with Crippen LogP contribution in [0, 0.1) is 5.41 Å². The maximum absolute atomic E-state index is 12.5. The van der Waals surface area contributed by atoms with Gasteiger partial charge < -0.3 is 9.80 Å². The van der Waals surface area contributed by atoms with Gasteiger partial charge >= 0.3 is 0 Å². The molecule has 2 aromatic heterocycles. The van der Waals surface area contributed by atoms with Crippen molar-refractivity contribution in [2.24, 2.45) is 5.41 Å². The average Bonchev–Trinajstić information content (AvgIpc) is 2.76. The van der Waals surface area contributed by atoms with Gasteiger partial charge in [0.25, 0.3) is 0 Å². The zero-order chi connectivity index (χ0) is 19.4. The van der Waals surface area contributed by atoms with Crippen LogP contribution in [0.3, 0.4) is 0 Å². The van der Waals surface area contributed by atoms with Crippen molar-refractivity contribution >= 4 is 23.5 Å². The van der Waals surface area contributed by atoms with Gasteiger partial charge in [-0.3, -0.25) is 9.78 Å². The Hall–Kier alpha value is -2.15. The van der Waals surface area contributed by atoms with Gasteiger partial charge in [0.1, 0.15) is 5.82 Å². The lowest BCUT2D eigenvalue weighted by Crippen LogP contribution is -2.52. The first-order valence-corrected chi connectivity index (χ1v) is 11.2. The highest BCUT2D eigenvalue weighted by atomic mass is 32.2. The molecule has 0 aromatic carbocycles. The Morgan fingerprint density at radius 3 is 2.64 bits per heavy atom. The molecule has 2 fully saturated rings. The third kappa shape index (κ3) is 4.29. The van der Waals surface area contributed by atoms with Crippen LogP contribution in [0.5, 0.6) is 0 Å². The van der Waals surface area contributed by atoms with E-state index in [2.05, 4.69) is 24.8 Å². The summed E-state index contributed by atoms with van der Waals surface area (Å²) >= 11 is 1.58. The normalized spacial score (nSPS) is 19.2. The van der Waals surface area contributed by atoms with Crippen LogP contribution in [0.15, 0.2) is 41.9 Å². The predicted molar refractivity (Wildman–Crippen MR) is 111 cm³/mol. The topological polar surface area (TPSA) is 62.2 Å². The molecule has 28 heavy (non-hydrogen) atoms. The number of likely N-dealkylation sites (tertiary alicyclic amines) is 1. The summed E-state index contributed by atoms with van der Waals surface area (Å²) in [5.41, 5.74) is 1.50. The molecule has 0 atom stereocenters. The van der Waals surface area contributed by atoms with Crippen molar-refractivity contribution in [3.8, 4) is 0 Å². The first-order valence-electron chi connectivity index (χ1n) is 9.96. The number of aromatic nitrogens is 3. The fraction of sp³-hybridized carbons (Fsp3) is 0.524. The summed E-state index contributed by atoms with van der Waals surface area (Å²) in [5, 5.41) is 0.823. The highest BCUT2D eigenvalue weighted by Gasteiger charge is 2.41. The fourth-order valence-corrected chi connectivity index (χ4v) is 4.70. The molecule has 0 N–H and O–H groups in total. The Labute approximate surface area is 170 Å². The zero-order valence-electron chi connectivity index (χ0n) is 16.4. The molecule has 1 spiro atoms. The second kappa shape index (κ2) is 8.47. The SMILES string of the molecule is CSc1nccc(N2CCC3(CCC(=O)N(CCc4ccncc4)C3)CC2)n1. The van der Waals surface area contributed by atoms with Gasteiger partial charge in [0.2, 0.25) is 5.91 Å². The lowest BCUT2D eigenvalue weighted by Gasteiger charge is -2.47. The van der Waals surface area contributed by atoms with E-state index in [1.165, 1.54) is 5.56 Å². The summed E-state index contributed by atoms with van der Waals surface area (Å²) in [4.78, 5) is 29.9. The van der Waals surface area contributed by atoms with Crippen LogP contribution in [-0.4, -0.2) is 58.2 Å². The Bertz CT molecular complexity index is 807. The van der Waals surface area contributed by atoms with Crippen molar-refractivity contribution in [3.63, 3.8) is 0 Å². The molecule has 2 aliphatic heterocycles. The minimum absolute atomic E-state index is 0.262.